The fourth-order valence-electron chi connectivity index (χ4n) is 2.37. The van der Waals surface area contributed by atoms with Crippen molar-refractivity contribution in [3.63, 3.8) is 0 Å². The summed E-state index contributed by atoms with van der Waals surface area (Å²) in [6.07, 6.45) is 1.47. The molecule has 108 valence electrons. The summed E-state index contributed by atoms with van der Waals surface area (Å²) in [6, 6.07) is 12.3. The fourth-order valence-corrected chi connectivity index (χ4v) is 3.40. The number of rotatable bonds is 2. The van der Waals surface area contributed by atoms with Gasteiger partial charge in [0.15, 0.2) is 0 Å². The first-order chi connectivity index (χ1) is 10.1. The second kappa shape index (κ2) is 5.77. The molecule has 3 nitrogen and oxygen atoms in total. The number of aryl methyl sites for hydroxylation is 1. The lowest BCUT2D eigenvalue weighted by atomic mass is 10.1. The summed E-state index contributed by atoms with van der Waals surface area (Å²) >= 11 is 1.25. The van der Waals surface area contributed by atoms with Crippen molar-refractivity contribution in [3.8, 4) is 0 Å². The Morgan fingerprint density at radius 3 is 2.86 bits per heavy atom. The highest BCUT2D eigenvalue weighted by molar-refractivity contribution is 8.00. The Morgan fingerprint density at radius 2 is 2.05 bits per heavy atom. The Kier molecular flexibility index (Phi) is 3.84. The van der Waals surface area contributed by atoms with Crippen molar-refractivity contribution in [1.29, 1.82) is 0 Å². The van der Waals surface area contributed by atoms with Crippen molar-refractivity contribution in [1.82, 2.24) is 0 Å². The molecule has 2 aromatic rings. The van der Waals surface area contributed by atoms with Crippen LogP contribution >= 0.6 is 11.8 Å². The maximum Gasteiger partial charge on any atom is 0.237 e. The number of anilines is 2. The number of carbonyl (C=O) groups is 1. The highest BCUT2D eigenvalue weighted by atomic mass is 32.2. The third kappa shape index (κ3) is 3.03. The van der Waals surface area contributed by atoms with Crippen LogP contribution < -0.4 is 11.1 Å². The van der Waals surface area contributed by atoms with E-state index in [4.69, 9.17) is 5.73 Å². The zero-order valence-electron chi connectivity index (χ0n) is 11.3. The van der Waals surface area contributed by atoms with E-state index >= 15 is 0 Å². The number of thioether (sulfide) groups is 1. The molecule has 0 bridgehead atoms. The van der Waals surface area contributed by atoms with Gasteiger partial charge < -0.3 is 11.1 Å². The molecule has 2 aromatic carbocycles. The predicted molar refractivity (Wildman–Crippen MR) is 83.9 cm³/mol. The minimum absolute atomic E-state index is 0.0822. The molecule has 5 heteroatoms. The molecule has 0 radical (unpaired) electrons. The molecule has 1 aliphatic heterocycles. The highest BCUT2D eigenvalue weighted by Crippen LogP contribution is 2.33. The number of hydrogen-bond acceptors (Lipinski definition) is 3. The van der Waals surface area contributed by atoms with Crippen LogP contribution in [0.5, 0.6) is 0 Å². The first-order valence-electron chi connectivity index (χ1n) is 6.74. The normalized spacial score (nSPS) is 17.8. The van der Waals surface area contributed by atoms with Crippen LogP contribution in [0.1, 0.15) is 12.0 Å². The number of nitrogen functional groups attached to an aromatic ring is 1. The molecule has 3 rings (SSSR count). The molecule has 1 aliphatic rings. The lowest BCUT2D eigenvalue weighted by molar-refractivity contribution is -0.115. The summed E-state index contributed by atoms with van der Waals surface area (Å²) in [7, 11) is 0. The molecule has 21 heavy (non-hydrogen) atoms. The van der Waals surface area contributed by atoms with E-state index in [-0.39, 0.29) is 17.0 Å². The number of carbonyl (C=O) groups excluding carboxylic acids is 1. The molecule has 0 aromatic heterocycles. The summed E-state index contributed by atoms with van der Waals surface area (Å²) in [5.74, 6) is -0.462. The quantitative estimate of drug-likeness (QED) is 0.835. The lowest BCUT2D eigenvalue weighted by Crippen LogP contribution is -2.23. The van der Waals surface area contributed by atoms with Crippen LogP contribution in [0.4, 0.5) is 15.8 Å². The van der Waals surface area contributed by atoms with Crippen molar-refractivity contribution >= 4 is 29.0 Å². The summed E-state index contributed by atoms with van der Waals surface area (Å²) < 4.78 is 13.9. The minimum atomic E-state index is -0.380. The maximum atomic E-state index is 13.9. The Hall–Kier alpha value is -2.01. The molecule has 0 spiro atoms. The van der Waals surface area contributed by atoms with E-state index in [0.29, 0.717) is 17.0 Å². The average Bonchev–Trinajstić information content (AvgIpc) is 2.61. The third-order valence-electron chi connectivity index (χ3n) is 3.47. The van der Waals surface area contributed by atoms with Crippen LogP contribution in [0.25, 0.3) is 0 Å². The van der Waals surface area contributed by atoms with E-state index in [1.54, 1.807) is 12.1 Å². The van der Waals surface area contributed by atoms with Crippen LogP contribution in [0.15, 0.2) is 47.4 Å². The number of nitrogens with two attached hydrogens (primary N) is 1. The van der Waals surface area contributed by atoms with Gasteiger partial charge in [0.2, 0.25) is 5.91 Å². The molecule has 1 unspecified atom stereocenters. The van der Waals surface area contributed by atoms with Gasteiger partial charge >= 0.3 is 0 Å². The molecule has 0 saturated heterocycles. The summed E-state index contributed by atoms with van der Waals surface area (Å²) in [5.41, 5.74) is 7.89. The van der Waals surface area contributed by atoms with Crippen LogP contribution in [-0.4, -0.2) is 11.2 Å². The molecule has 0 saturated carbocycles. The van der Waals surface area contributed by atoms with E-state index in [2.05, 4.69) is 5.32 Å². The van der Waals surface area contributed by atoms with Gasteiger partial charge in [-0.05, 0) is 42.7 Å². The molecule has 1 amide bonds. The summed E-state index contributed by atoms with van der Waals surface area (Å²) in [6.45, 7) is 0. The van der Waals surface area contributed by atoms with Gasteiger partial charge in [-0.1, -0.05) is 18.2 Å². The number of halogens is 1. The molecular formula is C16H15FN2OS. The van der Waals surface area contributed by atoms with Crippen LogP contribution in [0.2, 0.25) is 0 Å². The minimum Gasteiger partial charge on any atom is -0.399 e. The number of fused-ring (bicyclic) bond motifs is 1. The Morgan fingerprint density at radius 1 is 1.24 bits per heavy atom. The van der Waals surface area contributed by atoms with Gasteiger partial charge in [0, 0.05) is 16.3 Å². The number of benzene rings is 2. The maximum absolute atomic E-state index is 13.9. The second-order valence-corrected chi connectivity index (χ2v) is 6.23. The van der Waals surface area contributed by atoms with Crippen LogP contribution in [0, 0.1) is 5.82 Å². The zero-order valence-corrected chi connectivity index (χ0v) is 12.1. The number of para-hydroxylation sites is 1. The molecule has 0 aliphatic carbocycles. The monoisotopic (exact) mass is 302 g/mol. The first kappa shape index (κ1) is 13.9. The van der Waals surface area contributed by atoms with Crippen molar-refractivity contribution in [2.75, 3.05) is 11.1 Å². The van der Waals surface area contributed by atoms with Gasteiger partial charge in [-0.15, -0.1) is 11.8 Å². The number of hydrogen-bond donors (Lipinski definition) is 2. The fraction of sp³-hybridized carbons (Fsp3) is 0.188. The van der Waals surface area contributed by atoms with E-state index < -0.39 is 0 Å². The molecule has 1 heterocycles. The largest absolute Gasteiger partial charge is 0.399 e. The second-order valence-electron chi connectivity index (χ2n) is 4.98. The number of amides is 1. The van der Waals surface area contributed by atoms with Crippen molar-refractivity contribution in [2.45, 2.75) is 23.0 Å². The van der Waals surface area contributed by atoms with E-state index in [9.17, 15) is 9.18 Å². The smallest absolute Gasteiger partial charge is 0.237 e. The van der Waals surface area contributed by atoms with Crippen LogP contribution in [-0.2, 0) is 11.2 Å². The zero-order chi connectivity index (χ0) is 14.8. The molecule has 1 atom stereocenters. The highest BCUT2D eigenvalue weighted by Gasteiger charge is 2.25. The SMILES string of the molecule is Nc1ccc(SC2CCc3ccccc3NC2=O)c(F)c1. The predicted octanol–water partition coefficient (Wildman–Crippen LogP) is 3.45. The summed E-state index contributed by atoms with van der Waals surface area (Å²) in [5, 5.41) is 2.61. The summed E-state index contributed by atoms with van der Waals surface area (Å²) in [4.78, 5) is 12.7. The molecule has 3 N–H and O–H groups in total. The van der Waals surface area contributed by atoms with Gasteiger partial charge in [-0.3, -0.25) is 4.79 Å². The molecular weight excluding hydrogens is 287 g/mol. The Balaban J connectivity index is 1.80. The first-order valence-corrected chi connectivity index (χ1v) is 7.62. The van der Waals surface area contributed by atoms with E-state index in [1.165, 1.54) is 17.8 Å². The Labute approximate surface area is 126 Å². The van der Waals surface area contributed by atoms with Crippen molar-refractivity contribution < 1.29 is 9.18 Å². The topological polar surface area (TPSA) is 55.1 Å². The van der Waals surface area contributed by atoms with Crippen molar-refractivity contribution in [3.05, 3.63) is 53.8 Å². The van der Waals surface area contributed by atoms with Gasteiger partial charge in [0.25, 0.3) is 0 Å². The van der Waals surface area contributed by atoms with Crippen LogP contribution in [0.3, 0.4) is 0 Å². The average molecular weight is 302 g/mol. The number of nitrogens with one attached hydrogen (secondary N) is 1. The van der Waals surface area contributed by atoms with Crippen molar-refractivity contribution in [2.24, 2.45) is 0 Å². The van der Waals surface area contributed by atoms with E-state index in [1.807, 2.05) is 24.3 Å². The van der Waals surface area contributed by atoms with Gasteiger partial charge in [0.1, 0.15) is 5.82 Å². The standard InChI is InChI=1S/C16H15FN2OS/c17-12-9-11(18)6-8-14(12)21-15-7-5-10-3-1-2-4-13(10)19-16(15)20/h1-4,6,8-9,15H,5,7,18H2,(H,19,20). The molecule has 0 fully saturated rings. The van der Waals surface area contributed by atoms with E-state index in [0.717, 1.165) is 17.7 Å². The van der Waals surface area contributed by atoms with Gasteiger partial charge in [-0.2, -0.15) is 0 Å². The van der Waals surface area contributed by atoms with Gasteiger partial charge in [0.05, 0.1) is 5.25 Å². The van der Waals surface area contributed by atoms with Gasteiger partial charge in [-0.25, -0.2) is 4.39 Å². The lowest BCUT2D eigenvalue weighted by Gasteiger charge is -2.13. The third-order valence-corrected chi connectivity index (χ3v) is 4.79. The Bertz CT molecular complexity index is 690.